The second-order valence-electron chi connectivity index (χ2n) is 5.61. The summed E-state index contributed by atoms with van der Waals surface area (Å²) in [5, 5.41) is 0. The van der Waals surface area contributed by atoms with Crippen molar-refractivity contribution in [2.24, 2.45) is 21.1 Å². The molecule has 0 bridgehead atoms. The summed E-state index contributed by atoms with van der Waals surface area (Å²) in [6.45, 7) is 2.24. The molecule has 3 heterocycles. The van der Waals surface area contributed by atoms with Crippen LogP contribution in [0.1, 0.15) is 12.8 Å². The molecule has 0 atom stereocenters. The van der Waals surface area contributed by atoms with Gasteiger partial charge in [0.1, 0.15) is 0 Å². The zero-order valence-corrected chi connectivity index (χ0v) is 12.5. The quantitative estimate of drug-likeness (QED) is 0.696. The Labute approximate surface area is 120 Å². The molecule has 1 saturated heterocycles. The fourth-order valence-corrected chi connectivity index (χ4v) is 3.06. The first kappa shape index (κ1) is 13.9. The van der Waals surface area contributed by atoms with E-state index in [0.29, 0.717) is 17.8 Å². The van der Waals surface area contributed by atoms with E-state index in [1.807, 2.05) is 0 Å². The Hall–Kier alpha value is -2.09. The monoisotopic (exact) mass is 293 g/mol. The standard InChI is InChI=1S/C13H19N5O3/c1-14-10-9(11(19)16(3)12(14)20)18(13(21)15(10)2)8-17-6-4-5-7-17/h4-8H2,1-3H3. The lowest BCUT2D eigenvalue weighted by Gasteiger charge is -2.15. The molecule has 0 N–H and O–H groups in total. The number of hydrogen-bond acceptors (Lipinski definition) is 4. The number of aromatic nitrogens is 4. The Morgan fingerprint density at radius 2 is 1.43 bits per heavy atom. The summed E-state index contributed by atoms with van der Waals surface area (Å²) in [4.78, 5) is 39.0. The lowest BCUT2D eigenvalue weighted by Crippen LogP contribution is -2.38. The largest absolute Gasteiger partial charge is 0.332 e. The van der Waals surface area contributed by atoms with Crippen molar-refractivity contribution in [3.05, 3.63) is 31.3 Å². The van der Waals surface area contributed by atoms with Crippen LogP contribution in [-0.2, 0) is 27.8 Å². The van der Waals surface area contributed by atoms with Crippen LogP contribution in [0.3, 0.4) is 0 Å². The Morgan fingerprint density at radius 3 is 2.05 bits per heavy atom. The van der Waals surface area contributed by atoms with E-state index in [0.717, 1.165) is 30.5 Å². The van der Waals surface area contributed by atoms with Crippen LogP contribution < -0.4 is 16.9 Å². The highest BCUT2D eigenvalue weighted by molar-refractivity contribution is 5.70. The average Bonchev–Trinajstić information content (AvgIpc) is 3.05. The molecule has 2 aromatic heterocycles. The molecule has 1 aliphatic rings. The van der Waals surface area contributed by atoms with Crippen molar-refractivity contribution in [1.29, 1.82) is 0 Å². The van der Waals surface area contributed by atoms with Gasteiger partial charge >= 0.3 is 11.4 Å². The molecule has 21 heavy (non-hydrogen) atoms. The molecule has 8 heteroatoms. The molecular weight excluding hydrogens is 274 g/mol. The second kappa shape index (κ2) is 4.73. The van der Waals surface area contributed by atoms with Crippen LogP contribution in [-0.4, -0.2) is 36.3 Å². The molecule has 3 rings (SSSR count). The molecular formula is C13H19N5O3. The van der Waals surface area contributed by atoms with Gasteiger partial charge < -0.3 is 0 Å². The Kier molecular flexibility index (Phi) is 3.12. The average molecular weight is 293 g/mol. The van der Waals surface area contributed by atoms with E-state index < -0.39 is 11.2 Å². The third-order valence-electron chi connectivity index (χ3n) is 4.26. The summed E-state index contributed by atoms with van der Waals surface area (Å²) in [5.41, 5.74) is -0.465. The zero-order valence-electron chi connectivity index (χ0n) is 12.5. The van der Waals surface area contributed by atoms with Gasteiger partial charge in [0.2, 0.25) is 0 Å². The third-order valence-corrected chi connectivity index (χ3v) is 4.26. The van der Waals surface area contributed by atoms with Crippen molar-refractivity contribution < 1.29 is 0 Å². The van der Waals surface area contributed by atoms with E-state index in [-0.39, 0.29) is 5.69 Å². The van der Waals surface area contributed by atoms with E-state index in [1.54, 1.807) is 14.1 Å². The van der Waals surface area contributed by atoms with Crippen LogP contribution in [0, 0.1) is 0 Å². The predicted octanol–water partition coefficient (Wildman–Crippen LogP) is -1.21. The predicted molar refractivity (Wildman–Crippen MR) is 78.5 cm³/mol. The maximum Gasteiger partial charge on any atom is 0.332 e. The van der Waals surface area contributed by atoms with Gasteiger partial charge in [0, 0.05) is 21.1 Å². The number of fused-ring (bicyclic) bond motifs is 1. The van der Waals surface area contributed by atoms with Crippen LogP contribution in [0.15, 0.2) is 14.4 Å². The lowest BCUT2D eigenvalue weighted by molar-refractivity contribution is 0.269. The van der Waals surface area contributed by atoms with Gasteiger partial charge in [0.25, 0.3) is 5.56 Å². The fourth-order valence-electron chi connectivity index (χ4n) is 3.06. The van der Waals surface area contributed by atoms with Crippen LogP contribution in [0.2, 0.25) is 0 Å². The Bertz CT molecular complexity index is 876. The molecule has 114 valence electrons. The van der Waals surface area contributed by atoms with Gasteiger partial charge in [-0.2, -0.15) is 0 Å². The molecule has 0 aliphatic carbocycles. The van der Waals surface area contributed by atoms with E-state index in [9.17, 15) is 14.4 Å². The first-order valence-corrected chi connectivity index (χ1v) is 7.01. The number of rotatable bonds is 2. The van der Waals surface area contributed by atoms with Crippen molar-refractivity contribution in [2.45, 2.75) is 19.5 Å². The van der Waals surface area contributed by atoms with E-state index >= 15 is 0 Å². The van der Waals surface area contributed by atoms with Gasteiger partial charge in [-0.05, 0) is 25.9 Å². The molecule has 2 aromatic rings. The van der Waals surface area contributed by atoms with Crippen molar-refractivity contribution >= 4 is 11.2 Å². The third kappa shape index (κ3) is 1.90. The summed E-state index contributed by atoms with van der Waals surface area (Å²) in [6, 6.07) is 0. The van der Waals surface area contributed by atoms with E-state index in [1.165, 1.54) is 20.7 Å². The first-order chi connectivity index (χ1) is 9.93. The molecule has 0 aromatic carbocycles. The lowest BCUT2D eigenvalue weighted by atomic mass is 10.4. The normalized spacial score (nSPS) is 16.1. The summed E-state index contributed by atoms with van der Waals surface area (Å²) in [7, 11) is 4.59. The van der Waals surface area contributed by atoms with Gasteiger partial charge in [-0.3, -0.25) is 28.0 Å². The summed E-state index contributed by atoms with van der Waals surface area (Å²) >= 11 is 0. The minimum absolute atomic E-state index is 0.268. The fraction of sp³-hybridized carbons (Fsp3) is 0.615. The number of nitrogens with zero attached hydrogens (tertiary/aromatic N) is 5. The first-order valence-electron chi connectivity index (χ1n) is 7.01. The van der Waals surface area contributed by atoms with Crippen LogP contribution in [0.5, 0.6) is 0 Å². The van der Waals surface area contributed by atoms with E-state index in [4.69, 9.17) is 0 Å². The highest BCUT2D eigenvalue weighted by atomic mass is 16.2. The van der Waals surface area contributed by atoms with Crippen LogP contribution >= 0.6 is 0 Å². The Morgan fingerprint density at radius 1 is 0.857 bits per heavy atom. The maximum atomic E-state index is 12.4. The topological polar surface area (TPSA) is 74.2 Å². The molecule has 0 unspecified atom stereocenters. The SMILES string of the molecule is Cn1c(=O)c2c(n(C)c1=O)n(C)c(=O)n2CN1CCCC1. The number of hydrogen-bond donors (Lipinski definition) is 0. The number of likely N-dealkylation sites (tertiary alicyclic amines) is 1. The summed E-state index contributed by atoms with van der Waals surface area (Å²) in [5.74, 6) is 0. The second-order valence-corrected chi connectivity index (χ2v) is 5.61. The highest BCUT2D eigenvalue weighted by Crippen LogP contribution is 2.11. The Balaban J connectivity index is 2.35. The van der Waals surface area contributed by atoms with Gasteiger partial charge in [-0.25, -0.2) is 9.59 Å². The van der Waals surface area contributed by atoms with Crippen LogP contribution in [0.25, 0.3) is 11.2 Å². The minimum Gasteiger partial charge on any atom is -0.286 e. The van der Waals surface area contributed by atoms with Gasteiger partial charge in [0.05, 0.1) is 6.67 Å². The van der Waals surface area contributed by atoms with Gasteiger partial charge in [-0.15, -0.1) is 0 Å². The summed E-state index contributed by atoms with van der Waals surface area (Å²) in [6.07, 6.45) is 2.21. The zero-order chi connectivity index (χ0) is 15.3. The molecule has 0 saturated carbocycles. The van der Waals surface area contributed by atoms with E-state index in [2.05, 4.69) is 4.90 Å². The molecule has 0 radical (unpaired) electrons. The number of imidazole rings is 1. The summed E-state index contributed by atoms with van der Waals surface area (Å²) < 4.78 is 5.23. The van der Waals surface area contributed by atoms with Crippen molar-refractivity contribution in [2.75, 3.05) is 13.1 Å². The van der Waals surface area contributed by atoms with Gasteiger partial charge in [-0.1, -0.05) is 0 Å². The molecule has 8 nitrogen and oxygen atoms in total. The molecule has 0 spiro atoms. The van der Waals surface area contributed by atoms with Crippen LogP contribution in [0.4, 0.5) is 0 Å². The number of aryl methyl sites for hydroxylation is 2. The minimum atomic E-state index is -0.429. The van der Waals surface area contributed by atoms with Crippen molar-refractivity contribution in [1.82, 2.24) is 23.2 Å². The molecule has 1 fully saturated rings. The van der Waals surface area contributed by atoms with Gasteiger partial charge in [0.15, 0.2) is 11.2 Å². The smallest absolute Gasteiger partial charge is 0.286 e. The van der Waals surface area contributed by atoms with Crippen molar-refractivity contribution in [3.8, 4) is 0 Å². The molecule has 1 aliphatic heterocycles. The highest BCUT2D eigenvalue weighted by Gasteiger charge is 2.21. The van der Waals surface area contributed by atoms with Crippen molar-refractivity contribution in [3.63, 3.8) is 0 Å². The maximum absolute atomic E-state index is 12.4. The molecule has 0 amide bonds.